The van der Waals surface area contributed by atoms with E-state index in [1.165, 1.54) is 0 Å². The number of aryl methyl sites for hydroxylation is 1. The number of aromatic nitrogens is 1. The molecule has 0 radical (unpaired) electrons. The minimum absolute atomic E-state index is 0.121. The van der Waals surface area contributed by atoms with E-state index in [1.54, 1.807) is 39.8 Å². The maximum Gasteiger partial charge on any atom is 0.407 e. The zero-order valence-corrected chi connectivity index (χ0v) is 17.1. The maximum absolute atomic E-state index is 12.5. The molecule has 1 atom stereocenters. The molecule has 162 valence electrons. The molecular weight excluding hydrogens is 396 g/mol. The number of alkyl carbamates (subject to hydrolysis) is 1. The molecule has 0 aliphatic carbocycles. The van der Waals surface area contributed by atoms with E-state index in [1.807, 2.05) is 0 Å². The highest BCUT2D eigenvalue weighted by molar-refractivity contribution is 5.86. The van der Waals surface area contributed by atoms with E-state index < -0.39 is 41.7 Å². The molecule has 1 aromatic heterocycles. The summed E-state index contributed by atoms with van der Waals surface area (Å²) in [6.45, 7) is 7.03. The van der Waals surface area contributed by atoms with Gasteiger partial charge in [0.15, 0.2) is 0 Å². The van der Waals surface area contributed by atoms with E-state index in [9.17, 15) is 19.2 Å². The number of fused-ring (bicyclic) bond motifs is 1. The number of carboxylic acid groups (broad SMARTS) is 1. The van der Waals surface area contributed by atoms with Gasteiger partial charge in [-0.1, -0.05) is 6.07 Å². The topological polar surface area (TPSA) is 174 Å². The predicted molar refractivity (Wildman–Crippen MR) is 107 cm³/mol. The number of rotatable bonds is 7. The molecule has 2 aromatic rings. The molecule has 0 aliphatic rings. The van der Waals surface area contributed by atoms with Crippen LogP contribution in [0.5, 0.6) is 0 Å². The molecule has 11 heteroatoms. The van der Waals surface area contributed by atoms with Crippen LogP contribution in [-0.2, 0) is 20.9 Å². The molecule has 2 amide bonds. The Bertz CT molecular complexity index is 1040. The predicted octanol–water partition coefficient (Wildman–Crippen LogP) is 1.26. The van der Waals surface area contributed by atoms with E-state index in [0.717, 1.165) is 0 Å². The smallest absolute Gasteiger partial charge is 0.407 e. The standard InChI is InChI=1S/C19H24N4O7/c1-9-10(8-21-18(28)30-19(2,3)4)5-6-11-14(9)16(27)29-17(22-11)23-12(15(25)26)7-13(20)24/h5-6,12H,7-8H2,1-4H3,(H2,20,24)(H,21,28)(H,22,23)(H,25,26)/t12-/m0/s1. The van der Waals surface area contributed by atoms with Crippen molar-refractivity contribution in [1.29, 1.82) is 0 Å². The molecule has 30 heavy (non-hydrogen) atoms. The van der Waals surface area contributed by atoms with Gasteiger partial charge >= 0.3 is 17.7 Å². The highest BCUT2D eigenvalue weighted by Crippen LogP contribution is 2.20. The second-order valence-electron chi connectivity index (χ2n) is 7.61. The fourth-order valence-electron chi connectivity index (χ4n) is 2.65. The first-order chi connectivity index (χ1) is 13.9. The fraction of sp³-hybridized carbons (Fsp3) is 0.421. The number of benzene rings is 1. The van der Waals surface area contributed by atoms with Crippen LogP contribution in [0.25, 0.3) is 10.9 Å². The number of carbonyl (C=O) groups excluding carboxylic acids is 2. The Morgan fingerprint density at radius 3 is 2.53 bits per heavy atom. The van der Waals surface area contributed by atoms with Crippen LogP contribution in [0.2, 0.25) is 0 Å². The number of carbonyl (C=O) groups is 3. The minimum atomic E-state index is -1.39. The number of hydrogen-bond donors (Lipinski definition) is 4. The van der Waals surface area contributed by atoms with Crippen LogP contribution < -0.4 is 22.0 Å². The SMILES string of the molecule is Cc1c(CNC(=O)OC(C)(C)C)ccc2nc(N[C@@H](CC(N)=O)C(=O)O)oc(=O)c12. The number of ether oxygens (including phenoxy) is 1. The number of amides is 2. The lowest BCUT2D eigenvalue weighted by molar-refractivity contribution is -0.139. The van der Waals surface area contributed by atoms with Gasteiger partial charge in [0.1, 0.15) is 11.6 Å². The Hall–Kier alpha value is -3.63. The molecule has 0 spiro atoms. The first kappa shape index (κ1) is 22.7. The first-order valence-corrected chi connectivity index (χ1v) is 9.05. The van der Waals surface area contributed by atoms with Gasteiger partial charge in [-0.2, -0.15) is 4.98 Å². The highest BCUT2D eigenvalue weighted by Gasteiger charge is 2.22. The summed E-state index contributed by atoms with van der Waals surface area (Å²) in [5.74, 6) is -2.19. The Balaban J connectivity index is 2.27. The molecule has 0 saturated carbocycles. The van der Waals surface area contributed by atoms with Gasteiger partial charge in [0, 0.05) is 6.54 Å². The first-order valence-electron chi connectivity index (χ1n) is 9.05. The number of hydrogen-bond acceptors (Lipinski definition) is 8. The summed E-state index contributed by atoms with van der Waals surface area (Å²) < 4.78 is 10.3. The van der Waals surface area contributed by atoms with Crippen molar-refractivity contribution in [2.45, 2.75) is 52.3 Å². The summed E-state index contributed by atoms with van der Waals surface area (Å²) in [7, 11) is 0. The molecule has 1 heterocycles. The number of nitrogens with one attached hydrogen (secondary N) is 2. The van der Waals surface area contributed by atoms with Gasteiger partial charge < -0.3 is 30.6 Å². The van der Waals surface area contributed by atoms with E-state index in [4.69, 9.17) is 20.0 Å². The van der Waals surface area contributed by atoms with Crippen molar-refractivity contribution in [3.63, 3.8) is 0 Å². The Labute approximate surface area is 171 Å². The largest absolute Gasteiger partial charge is 0.480 e. The zero-order chi connectivity index (χ0) is 22.6. The summed E-state index contributed by atoms with van der Waals surface area (Å²) in [6, 6.07) is 1.47. The Kier molecular flexibility index (Phi) is 6.65. The van der Waals surface area contributed by atoms with Crippen molar-refractivity contribution in [3.05, 3.63) is 33.7 Å². The van der Waals surface area contributed by atoms with Crippen LogP contribution in [0.3, 0.4) is 0 Å². The van der Waals surface area contributed by atoms with Crippen molar-refractivity contribution < 1.29 is 28.6 Å². The average Bonchev–Trinajstić information content (AvgIpc) is 2.58. The van der Waals surface area contributed by atoms with Gasteiger partial charge in [-0.3, -0.25) is 4.79 Å². The van der Waals surface area contributed by atoms with Gasteiger partial charge in [0.2, 0.25) is 5.91 Å². The van der Waals surface area contributed by atoms with E-state index in [0.29, 0.717) is 11.1 Å². The van der Waals surface area contributed by atoms with Gasteiger partial charge in [0.05, 0.1) is 17.3 Å². The second kappa shape index (κ2) is 8.80. The molecule has 0 aliphatic heterocycles. The third-order valence-corrected chi connectivity index (χ3v) is 3.99. The van der Waals surface area contributed by atoms with Crippen LogP contribution in [0.1, 0.15) is 38.3 Å². The molecule has 0 unspecified atom stereocenters. The van der Waals surface area contributed by atoms with Gasteiger partial charge in [-0.15, -0.1) is 0 Å². The second-order valence-corrected chi connectivity index (χ2v) is 7.61. The summed E-state index contributed by atoms with van der Waals surface area (Å²) in [5.41, 5.74) is 5.10. The summed E-state index contributed by atoms with van der Waals surface area (Å²) in [6.07, 6.45) is -1.10. The monoisotopic (exact) mass is 420 g/mol. The number of aliphatic carboxylic acids is 1. The number of carboxylic acids is 1. The van der Waals surface area contributed by atoms with Crippen LogP contribution in [-0.4, -0.2) is 39.7 Å². The summed E-state index contributed by atoms with van der Waals surface area (Å²) in [4.78, 5) is 50.7. The van der Waals surface area contributed by atoms with Crippen molar-refractivity contribution in [2.24, 2.45) is 5.73 Å². The molecule has 5 N–H and O–H groups in total. The van der Waals surface area contributed by atoms with Crippen LogP contribution in [0.4, 0.5) is 10.8 Å². The number of nitrogens with zero attached hydrogens (tertiary/aromatic N) is 1. The molecule has 0 saturated heterocycles. The van der Waals surface area contributed by atoms with Crippen molar-refractivity contribution in [2.75, 3.05) is 5.32 Å². The lowest BCUT2D eigenvalue weighted by atomic mass is 10.0. The summed E-state index contributed by atoms with van der Waals surface area (Å²) in [5, 5.41) is 14.3. The maximum atomic E-state index is 12.5. The number of primary amides is 1. The zero-order valence-electron chi connectivity index (χ0n) is 17.1. The molecule has 11 nitrogen and oxygen atoms in total. The lowest BCUT2D eigenvalue weighted by Crippen LogP contribution is -2.34. The number of anilines is 1. The van der Waals surface area contributed by atoms with Crippen LogP contribution >= 0.6 is 0 Å². The molecule has 0 bridgehead atoms. The fourth-order valence-corrected chi connectivity index (χ4v) is 2.65. The van der Waals surface area contributed by atoms with Crippen molar-refractivity contribution >= 4 is 34.9 Å². The molecular formula is C19H24N4O7. The van der Waals surface area contributed by atoms with Crippen LogP contribution in [0.15, 0.2) is 21.3 Å². The van der Waals surface area contributed by atoms with Crippen LogP contribution in [0, 0.1) is 6.92 Å². The van der Waals surface area contributed by atoms with E-state index >= 15 is 0 Å². The molecule has 1 aromatic carbocycles. The quantitative estimate of drug-likeness (QED) is 0.514. The van der Waals surface area contributed by atoms with Gasteiger partial charge in [-0.05, 0) is 44.9 Å². The highest BCUT2D eigenvalue weighted by atomic mass is 16.6. The average molecular weight is 420 g/mol. The van der Waals surface area contributed by atoms with Crippen molar-refractivity contribution in [1.82, 2.24) is 10.3 Å². The van der Waals surface area contributed by atoms with Gasteiger partial charge in [0.25, 0.3) is 6.01 Å². The molecule has 0 fully saturated rings. The Morgan fingerprint density at radius 1 is 1.30 bits per heavy atom. The Morgan fingerprint density at radius 2 is 1.97 bits per heavy atom. The van der Waals surface area contributed by atoms with Gasteiger partial charge in [-0.25, -0.2) is 14.4 Å². The third kappa shape index (κ3) is 5.93. The van der Waals surface area contributed by atoms with E-state index in [-0.39, 0.29) is 23.5 Å². The lowest BCUT2D eigenvalue weighted by Gasteiger charge is -2.20. The minimum Gasteiger partial charge on any atom is -0.480 e. The molecule has 2 rings (SSSR count). The third-order valence-electron chi connectivity index (χ3n) is 3.99. The van der Waals surface area contributed by atoms with Crippen molar-refractivity contribution in [3.8, 4) is 0 Å². The normalized spacial score (nSPS) is 12.3. The summed E-state index contributed by atoms with van der Waals surface area (Å²) >= 11 is 0. The van der Waals surface area contributed by atoms with E-state index in [2.05, 4.69) is 15.6 Å². The number of nitrogens with two attached hydrogens (primary N) is 1.